The van der Waals surface area contributed by atoms with Gasteiger partial charge in [-0.05, 0) is 24.7 Å². The van der Waals surface area contributed by atoms with E-state index in [-0.39, 0.29) is 30.1 Å². The van der Waals surface area contributed by atoms with Gasteiger partial charge in [0.05, 0.1) is 0 Å². The highest BCUT2D eigenvalue weighted by molar-refractivity contribution is 7.80. The average Bonchev–Trinajstić information content (AvgIpc) is 2.42. The normalized spacial score (nSPS) is 24.6. The van der Waals surface area contributed by atoms with Crippen molar-refractivity contribution in [2.45, 2.75) is 38.6 Å². The SMILES string of the molecule is CC(=O)NC(CS)C(=O)NCC1CCCCC1CO. The smallest absolute Gasteiger partial charge is 0.243 e. The molecule has 3 atom stereocenters. The summed E-state index contributed by atoms with van der Waals surface area (Å²) in [6, 6.07) is -0.586. The van der Waals surface area contributed by atoms with Crippen LogP contribution in [0, 0.1) is 11.8 Å². The molecule has 1 aliphatic carbocycles. The molecule has 1 saturated carbocycles. The number of hydrogen-bond acceptors (Lipinski definition) is 4. The second-order valence-corrected chi connectivity index (χ2v) is 5.53. The van der Waals surface area contributed by atoms with Crippen LogP contribution in [0.5, 0.6) is 0 Å². The highest BCUT2D eigenvalue weighted by Crippen LogP contribution is 2.29. The molecule has 0 saturated heterocycles. The molecular weight excluding hydrogens is 264 g/mol. The Morgan fingerprint density at radius 1 is 1.32 bits per heavy atom. The van der Waals surface area contributed by atoms with Crippen molar-refractivity contribution < 1.29 is 14.7 Å². The monoisotopic (exact) mass is 288 g/mol. The van der Waals surface area contributed by atoms with E-state index in [4.69, 9.17) is 0 Å². The number of aliphatic hydroxyl groups is 1. The molecule has 3 N–H and O–H groups in total. The summed E-state index contributed by atoms with van der Waals surface area (Å²) >= 11 is 4.07. The summed E-state index contributed by atoms with van der Waals surface area (Å²) < 4.78 is 0. The second-order valence-electron chi connectivity index (χ2n) is 5.17. The van der Waals surface area contributed by atoms with Crippen LogP contribution in [0.3, 0.4) is 0 Å². The standard InChI is InChI=1S/C13H24N2O3S/c1-9(17)15-12(8-19)13(18)14-6-10-4-2-3-5-11(10)7-16/h10-12,16,19H,2-8H2,1H3,(H,14,18)(H,15,17). The summed E-state index contributed by atoms with van der Waals surface area (Å²) in [6.45, 7) is 2.13. The number of hydrogen-bond donors (Lipinski definition) is 4. The molecule has 0 heterocycles. The molecule has 6 heteroatoms. The Labute approximate surface area is 119 Å². The summed E-state index contributed by atoms with van der Waals surface area (Å²) in [5.41, 5.74) is 0. The van der Waals surface area contributed by atoms with Gasteiger partial charge in [-0.3, -0.25) is 9.59 Å². The Morgan fingerprint density at radius 3 is 2.47 bits per heavy atom. The zero-order valence-corrected chi connectivity index (χ0v) is 12.3. The molecule has 19 heavy (non-hydrogen) atoms. The van der Waals surface area contributed by atoms with Crippen LogP contribution in [-0.2, 0) is 9.59 Å². The molecule has 0 radical (unpaired) electrons. The van der Waals surface area contributed by atoms with Crippen molar-refractivity contribution in [3.8, 4) is 0 Å². The zero-order valence-electron chi connectivity index (χ0n) is 11.4. The third-order valence-corrected chi connectivity index (χ3v) is 4.08. The lowest BCUT2D eigenvalue weighted by Crippen LogP contribution is -2.49. The molecule has 0 spiro atoms. The first kappa shape index (κ1) is 16.3. The van der Waals surface area contributed by atoms with Gasteiger partial charge in [0.15, 0.2) is 0 Å². The van der Waals surface area contributed by atoms with Gasteiger partial charge in [-0.15, -0.1) is 0 Å². The van der Waals surface area contributed by atoms with Crippen LogP contribution < -0.4 is 10.6 Å². The quantitative estimate of drug-likeness (QED) is 0.532. The largest absolute Gasteiger partial charge is 0.396 e. The fourth-order valence-electron chi connectivity index (χ4n) is 2.59. The van der Waals surface area contributed by atoms with Gasteiger partial charge in [-0.25, -0.2) is 0 Å². The van der Waals surface area contributed by atoms with Gasteiger partial charge in [-0.1, -0.05) is 12.8 Å². The van der Waals surface area contributed by atoms with Crippen molar-refractivity contribution in [3.63, 3.8) is 0 Å². The third-order valence-electron chi connectivity index (χ3n) is 3.72. The fraction of sp³-hybridized carbons (Fsp3) is 0.846. The molecule has 0 aromatic heterocycles. The summed E-state index contributed by atoms with van der Waals surface area (Å²) in [4.78, 5) is 22.9. The van der Waals surface area contributed by atoms with Crippen molar-refractivity contribution in [3.05, 3.63) is 0 Å². The molecule has 1 rings (SSSR count). The van der Waals surface area contributed by atoms with E-state index in [1.807, 2.05) is 0 Å². The molecule has 0 bridgehead atoms. The van der Waals surface area contributed by atoms with Crippen LogP contribution in [-0.4, -0.2) is 41.9 Å². The van der Waals surface area contributed by atoms with Crippen LogP contribution in [0.4, 0.5) is 0 Å². The molecule has 0 aromatic carbocycles. The summed E-state index contributed by atoms with van der Waals surface area (Å²) in [6.07, 6.45) is 4.37. The Morgan fingerprint density at radius 2 is 1.95 bits per heavy atom. The predicted octanol–water partition coefficient (Wildman–Crippen LogP) is 0.336. The third kappa shape index (κ3) is 5.40. The number of nitrogens with one attached hydrogen (secondary N) is 2. The lowest BCUT2D eigenvalue weighted by Gasteiger charge is -2.30. The maximum Gasteiger partial charge on any atom is 0.243 e. The maximum atomic E-state index is 11.9. The number of rotatable bonds is 6. The van der Waals surface area contributed by atoms with E-state index in [0.717, 1.165) is 25.7 Å². The summed E-state index contributed by atoms with van der Waals surface area (Å²) in [5, 5.41) is 14.7. The van der Waals surface area contributed by atoms with E-state index >= 15 is 0 Å². The number of carbonyl (C=O) groups is 2. The first-order chi connectivity index (χ1) is 9.08. The average molecular weight is 288 g/mol. The summed E-state index contributed by atoms with van der Waals surface area (Å²) in [5.74, 6) is 0.455. The highest BCUT2D eigenvalue weighted by atomic mass is 32.1. The Bertz CT molecular complexity index is 312. The number of aliphatic hydroxyl groups excluding tert-OH is 1. The molecule has 1 fully saturated rings. The topological polar surface area (TPSA) is 78.4 Å². The molecule has 110 valence electrons. The Kier molecular flexibility index (Phi) is 7.23. The molecule has 1 aliphatic rings. The number of thiol groups is 1. The maximum absolute atomic E-state index is 11.9. The van der Waals surface area contributed by atoms with Gasteiger partial charge in [0, 0.05) is 25.8 Å². The van der Waals surface area contributed by atoms with E-state index < -0.39 is 6.04 Å². The molecule has 0 aromatic rings. The van der Waals surface area contributed by atoms with E-state index in [0.29, 0.717) is 12.5 Å². The van der Waals surface area contributed by atoms with E-state index in [1.165, 1.54) is 6.92 Å². The minimum absolute atomic E-state index is 0.183. The van der Waals surface area contributed by atoms with Gasteiger partial charge >= 0.3 is 0 Å². The van der Waals surface area contributed by atoms with Crippen LogP contribution in [0.15, 0.2) is 0 Å². The van der Waals surface area contributed by atoms with Gasteiger partial charge in [-0.2, -0.15) is 12.6 Å². The van der Waals surface area contributed by atoms with Crippen molar-refractivity contribution >= 4 is 24.4 Å². The molecule has 5 nitrogen and oxygen atoms in total. The lowest BCUT2D eigenvalue weighted by molar-refractivity contribution is -0.127. The van der Waals surface area contributed by atoms with E-state index in [1.54, 1.807) is 0 Å². The van der Waals surface area contributed by atoms with Crippen LogP contribution in [0.25, 0.3) is 0 Å². The second kappa shape index (κ2) is 8.43. The predicted molar refractivity (Wildman–Crippen MR) is 77.0 cm³/mol. The van der Waals surface area contributed by atoms with E-state index in [2.05, 4.69) is 23.3 Å². The molecule has 2 amide bonds. The minimum atomic E-state index is -0.586. The fourth-order valence-corrected chi connectivity index (χ4v) is 2.85. The van der Waals surface area contributed by atoms with Crippen LogP contribution in [0.2, 0.25) is 0 Å². The minimum Gasteiger partial charge on any atom is -0.396 e. The molecule has 0 aliphatic heterocycles. The van der Waals surface area contributed by atoms with Gasteiger partial charge in [0.2, 0.25) is 11.8 Å². The number of carbonyl (C=O) groups excluding carboxylic acids is 2. The van der Waals surface area contributed by atoms with Gasteiger partial charge < -0.3 is 15.7 Å². The van der Waals surface area contributed by atoms with Gasteiger partial charge in [0.25, 0.3) is 0 Å². The Hall–Kier alpha value is -0.750. The van der Waals surface area contributed by atoms with Crippen molar-refractivity contribution in [2.24, 2.45) is 11.8 Å². The van der Waals surface area contributed by atoms with Gasteiger partial charge in [0.1, 0.15) is 6.04 Å². The first-order valence-electron chi connectivity index (χ1n) is 6.85. The van der Waals surface area contributed by atoms with Crippen LogP contribution in [0.1, 0.15) is 32.6 Å². The molecule has 3 unspecified atom stereocenters. The lowest BCUT2D eigenvalue weighted by atomic mass is 9.79. The molecular formula is C13H24N2O3S. The van der Waals surface area contributed by atoms with Crippen molar-refractivity contribution in [2.75, 3.05) is 18.9 Å². The summed E-state index contributed by atoms with van der Waals surface area (Å²) in [7, 11) is 0. The highest BCUT2D eigenvalue weighted by Gasteiger charge is 2.26. The zero-order chi connectivity index (χ0) is 14.3. The number of amides is 2. The van der Waals surface area contributed by atoms with E-state index in [9.17, 15) is 14.7 Å². The van der Waals surface area contributed by atoms with Crippen LogP contribution >= 0.6 is 12.6 Å². The Balaban J connectivity index is 2.41. The van der Waals surface area contributed by atoms with Crippen molar-refractivity contribution in [1.82, 2.24) is 10.6 Å². The first-order valence-corrected chi connectivity index (χ1v) is 7.48. The van der Waals surface area contributed by atoms with Crippen molar-refractivity contribution in [1.29, 1.82) is 0 Å².